The van der Waals surface area contributed by atoms with Crippen LogP contribution in [0.15, 0.2) is 94.5 Å². The molecule has 6 N–H and O–H groups in total. The lowest BCUT2D eigenvalue weighted by Crippen LogP contribution is -2.32. The summed E-state index contributed by atoms with van der Waals surface area (Å²) in [7, 11) is 0. The fourth-order valence-corrected chi connectivity index (χ4v) is 5.17. The topological polar surface area (TPSA) is 251 Å². The number of H-pyrrole nitrogens is 2. The summed E-state index contributed by atoms with van der Waals surface area (Å²) >= 11 is 11.8. The molecule has 264 valence electrons. The highest BCUT2D eigenvalue weighted by Gasteiger charge is 2.32. The number of anilines is 4. The third kappa shape index (κ3) is 7.60. The molecule has 0 radical (unpaired) electrons. The van der Waals surface area contributed by atoms with Gasteiger partial charge in [0, 0.05) is 21.4 Å². The Kier molecular flexibility index (Phi) is 9.39. The number of aromatic amines is 2. The first-order valence-electron chi connectivity index (χ1n) is 15.3. The number of benzene rings is 3. The van der Waals surface area contributed by atoms with Crippen LogP contribution in [-0.4, -0.2) is 67.4 Å². The van der Waals surface area contributed by atoms with Crippen molar-refractivity contribution in [1.82, 2.24) is 49.6 Å². The number of nitrogens with zero attached hydrogens (tertiary/aromatic N) is 8. The van der Waals surface area contributed by atoms with Crippen molar-refractivity contribution < 1.29 is 14.4 Å². The van der Waals surface area contributed by atoms with E-state index in [-0.39, 0.29) is 23.5 Å². The van der Waals surface area contributed by atoms with Crippen LogP contribution in [0.25, 0.3) is 17.6 Å². The molecule has 0 bridgehead atoms. The monoisotopic (exact) mass is 752 g/mol. The lowest BCUT2D eigenvalue weighted by Gasteiger charge is -2.12. The second-order valence-corrected chi connectivity index (χ2v) is 11.8. The molecular formula is C32H22Cl2N14O5. The minimum absolute atomic E-state index is 0.213. The van der Waals surface area contributed by atoms with E-state index in [1.54, 1.807) is 78.9 Å². The van der Waals surface area contributed by atoms with Gasteiger partial charge in [-0.05, 0) is 60.2 Å². The Hall–Kier alpha value is -7.25. The van der Waals surface area contributed by atoms with Gasteiger partial charge >= 0.3 is 12.1 Å². The molecule has 4 amide bonds. The van der Waals surface area contributed by atoms with Crippen LogP contribution in [0, 0.1) is 0 Å². The summed E-state index contributed by atoms with van der Waals surface area (Å²) in [6.07, 6.45) is 2.66. The van der Waals surface area contributed by atoms with E-state index in [9.17, 15) is 24.0 Å². The van der Waals surface area contributed by atoms with E-state index < -0.39 is 46.3 Å². The molecule has 0 aliphatic carbocycles. The van der Waals surface area contributed by atoms with Gasteiger partial charge in [-0.3, -0.25) is 35.2 Å². The van der Waals surface area contributed by atoms with Crippen LogP contribution in [0.3, 0.4) is 0 Å². The Morgan fingerprint density at radius 2 is 1.08 bits per heavy atom. The van der Waals surface area contributed by atoms with Crippen LogP contribution in [0.1, 0.15) is 22.9 Å². The molecule has 53 heavy (non-hydrogen) atoms. The van der Waals surface area contributed by atoms with Crippen molar-refractivity contribution in [3.8, 4) is 0 Å². The van der Waals surface area contributed by atoms with Crippen LogP contribution in [0.5, 0.6) is 0 Å². The number of urea groups is 2. The number of allylic oxidation sites excluding steroid dienone is 1. The van der Waals surface area contributed by atoms with Crippen molar-refractivity contribution in [2.75, 3.05) is 21.3 Å². The van der Waals surface area contributed by atoms with Gasteiger partial charge in [-0.25, -0.2) is 19.6 Å². The Labute approximate surface area is 305 Å². The second-order valence-electron chi connectivity index (χ2n) is 10.9. The first kappa shape index (κ1) is 34.2. The van der Waals surface area contributed by atoms with E-state index in [1.165, 1.54) is 12.2 Å². The first-order valence-corrected chi connectivity index (χ1v) is 16.0. The maximum atomic E-state index is 13.9. The number of aromatic nitrogens is 10. The minimum atomic E-state index is -1.69. The number of hydrogen-bond acceptors (Lipinski definition) is 11. The van der Waals surface area contributed by atoms with Crippen LogP contribution in [0.2, 0.25) is 10.0 Å². The fourth-order valence-electron chi connectivity index (χ4n) is 4.92. The van der Waals surface area contributed by atoms with Crippen molar-refractivity contribution in [2.24, 2.45) is 0 Å². The molecule has 19 nitrogen and oxygen atoms in total. The van der Waals surface area contributed by atoms with Gasteiger partial charge in [0.1, 0.15) is 17.3 Å². The Morgan fingerprint density at radius 1 is 0.623 bits per heavy atom. The number of carbonyl (C=O) groups excluding carboxylic acids is 3. The lowest BCUT2D eigenvalue weighted by molar-refractivity contribution is -0.115. The Balaban J connectivity index is 1.22. The zero-order valence-electron chi connectivity index (χ0n) is 26.6. The van der Waals surface area contributed by atoms with E-state index in [2.05, 4.69) is 61.8 Å². The maximum Gasteiger partial charge on any atom is 0.326 e. The number of rotatable bonds is 9. The third-order valence-corrected chi connectivity index (χ3v) is 7.85. The minimum Gasteiger partial charge on any atom is -0.308 e. The molecule has 4 aromatic heterocycles. The van der Waals surface area contributed by atoms with Crippen molar-refractivity contribution in [1.29, 1.82) is 0 Å². The van der Waals surface area contributed by atoms with Crippen LogP contribution in [-0.2, 0) is 4.79 Å². The van der Waals surface area contributed by atoms with Gasteiger partial charge in [0.15, 0.2) is 5.78 Å². The molecule has 3 aromatic carbocycles. The van der Waals surface area contributed by atoms with Crippen LogP contribution in [0.4, 0.5) is 32.9 Å². The average molecular weight is 754 g/mol. The van der Waals surface area contributed by atoms with Gasteiger partial charge in [0.05, 0.1) is 0 Å². The number of fused-ring (bicyclic) bond motifs is 2. The molecule has 0 spiro atoms. The van der Waals surface area contributed by atoms with E-state index >= 15 is 0 Å². The van der Waals surface area contributed by atoms with Crippen molar-refractivity contribution in [3.63, 3.8) is 0 Å². The van der Waals surface area contributed by atoms with E-state index in [0.717, 1.165) is 9.03 Å². The van der Waals surface area contributed by atoms with E-state index in [4.69, 9.17) is 23.2 Å². The van der Waals surface area contributed by atoms with Gasteiger partial charge in [0.25, 0.3) is 34.6 Å². The number of ketones is 1. The highest BCUT2D eigenvalue weighted by molar-refractivity contribution is 6.31. The average Bonchev–Trinajstić information content (AvgIpc) is 3.72. The SMILES string of the molecule is O=C(Nc1ccc(Cl)cc1)Nc1nnc2nc(C(C(=O)C=Cc3ccccc3)c3nc4nnc(NC(=O)Nc5ccc(Cl)cc5)n4[nH]c3=O)c(=O)[nH]n12. The molecule has 0 saturated carbocycles. The smallest absolute Gasteiger partial charge is 0.308 e. The summed E-state index contributed by atoms with van der Waals surface area (Å²) in [6, 6.07) is 20.0. The van der Waals surface area contributed by atoms with Crippen molar-refractivity contribution in [2.45, 2.75) is 5.92 Å². The first-order chi connectivity index (χ1) is 25.6. The summed E-state index contributed by atoms with van der Waals surface area (Å²) in [4.78, 5) is 74.9. The number of carbonyl (C=O) groups is 3. The molecule has 21 heteroatoms. The highest BCUT2D eigenvalue weighted by atomic mass is 35.5. The number of halogens is 2. The predicted molar refractivity (Wildman–Crippen MR) is 193 cm³/mol. The molecule has 0 unspecified atom stereocenters. The largest absolute Gasteiger partial charge is 0.326 e. The molecule has 0 aliphatic rings. The molecule has 4 heterocycles. The molecule has 0 fully saturated rings. The normalized spacial score (nSPS) is 11.3. The zero-order valence-corrected chi connectivity index (χ0v) is 28.1. The van der Waals surface area contributed by atoms with Crippen molar-refractivity contribution in [3.05, 3.63) is 133 Å². The summed E-state index contributed by atoms with van der Waals surface area (Å²) in [5.74, 6) is -3.33. The molecule has 0 atom stereocenters. The van der Waals surface area contributed by atoms with Crippen LogP contribution >= 0.6 is 23.2 Å². The molecular weight excluding hydrogens is 731 g/mol. The zero-order chi connectivity index (χ0) is 37.1. The van der Waals surface area contributed by atoms with Gasteiger partial charge in [-0.15, -0.1) is 20.4 Å². The fraction of sp³-hybridized carbons (Fsp3) is 0.0312. The van der Waals surface area contributed by atoms with Crippen molar-refractivity contribution >= 4 is 82.0 Å². The quantitative estimate of drug-likeness (QED) is 0.115. The summed E-state index contributed by atoms with van der Waals surface area (Å²) in [5, 5.41) is 31.5. The third-order valence-electron chi connectivity index (χ3n) is 7.35. The van der Waals surface area contributed by atoms with Gasteiger partial charge in [-0.2, -0.15) is 9.03 Å². The van der Waals surface area contributed by atoms with E-state index in [1.807, 2.05) is 0 Å². The Bertz CT molecular complexity index is 2500. The van der Waals surface area contributed by atoms with Crippen LogP contribution < -0.4 is 32.4 Å². The maximum absolute atomic E-state index is 13.9. The summed E-state index contributed by atoms with van der Waals surface area (Å²) in [6.45, 7) is 0. The molecule has 7 aromatic rings. The Morgan fingerprint density at radius 3 is 1.53 bits per heavy atom. The van der Waals surface area contributed by atoms with E-state index in [0.29, 0.717) is 27.0 Å². The molecule has 7 rings (SSSR count). The second kappa shape index (κ2) is 14.5. The number of hydrogen-bond donors (Lipinski definition) is 6. The highest BCUT2D eigenvalue weighted by Crippen LogP contribution is 2.21. The van der Waals surface area contributed by atoms with Gasteiger partial charge < -0.3 is 10.6 Å². The standard InChI is InChI=1S/C32H22Cl2N14O5/c33-17-7-11-19(12-8-17)35-31(52)39-29-43-41-27-37-23(25(50)45-47(27)29)22(21(49)15-6-16-4-2-1-3-5-16)24-26(51)46-48-28(38-24)42-44-30(48)40-32(53)36-20-13-9-18(34)10-14-20/h1-15,22H,(H,45,50)(H,46,51)(H2,35,39,43,52)(H2,36,40,44,53). The van der Waals surface area contributed by atoms with Gasteiger partial charge in [-0.1, -0.05) is 59.6 Å². The molecule has 0 saturated heterocycles. The number of amides is 4. The summed E-state index contributed by atoms with van der Waals surface area (Å²) < 4.78 is 1.97. The number of nitrogens with one attached hydrogen (secondary N) is 6. The molecule has 0 aliphatic heterocycles. The summed E-state index contributed by atoms with van der Waals surface area (Å²) in [5.41, 5.74) is -1.30. The van der Waals surface area contributed by atoms with Gasteiger partial charge in [0.2, 0.25) is 0 Å². The lowest BCUT2D eigenvalue weighted by atomic mass is 9.95. The predicted octanol–water partition coefficient (Wildman–Crippen LogP) is 3.95.